The summed E-state index contributed by atoms with van der Waals surface area (Å²) in [6.07, 6.45) is 0. The van der Waals surface area contributed by atoms with Crippen LogP contribution in [-0.4, -0.2) is 34.0 Å². The Balaban J connectivity index is 2.93. The van der Waals surface area contributed by atoms with E-state index in [2.05, 4.69) is 20.3 Å². The number of hydrogen-bond donors (Lipinski definition) is 2. The second kappa shape index (κ2) is 5.62. The highest BCUT2D eigenvalue weighted by Crippen LogP contribution is 2.13. The van der Waals surface area contributed by atoms with E-state index in [0.29, 0.717) is 0 Å². The molecule has 0 fully saturated rings. The minimum Gasteiger partial charge on any atom is -0.467 e. The molecule has 0 unspecified atom stereocenters. The van der Waals surface area contributed by atoms with Crippen LogP contribution in [0.15, 0.2) is 0 Å². The van der Waals surface area contributed by atoms with Gasteiger partial charge in [-0.05, 0) is 17.5 Å². The number of carbonyl (C=O) groups excluding carboxylic acids is 1. The largest absolute Gasteiger partial charge is 0.467 e. The third-order valence-electron chi connectivity index (χ3n) is 2.03. The van der Waals surface area contributed by atoms with E-state index in [1.807, 2.05) is 13.8 Å². The van der Waals surface area contributed by atoms with Gasteiger partial charge in [0, 0.05) is 0 Å². The summed E-state index contributed by atoms with van der Waals surface area (Å²) in [5.41, 5.74) is 5.26. The lowest BCUT2D eigenvalue weighted by Gasteiger charge is -2.18. The van der Waals surface area contributed by atoms with E-state index in [9.17, 15) is 4.79 Å². The number of methoxy groups -OCH3 is 1. The molecule has 0 saturated heterocycles. The lowest BCUT2D eigenvalue weighted by Crippen LogP contribution is -2.40. The van der Waals surface area contributed by atoms with Gasteiger partial charge in [-0.3, -0.25) is 4.79 Å². The smallest absolute Gasteiger partial charge is 0.322 e. The van der Waals surface area contributed by atoms with Crippen molar-refractivity contribution in [3.63, 3.8) is 0 Å². The van der Waals surface area contributed by atoms with Gasteiger partial charge < -0.3 is 15.8 Å². The van der Waals surface area contributed by atoms with Crippen LogP contribution in [0.2, 0.25) is 5.28 Å². The molecule has 1 atom stereocenters. The van der Waals surface area contributed by atoms with E-state index in [1.54, 1.807) is 0 Å². The van der Waals surface area contributed by atoms with E-state index in [4.69, 9.17) is 22.1 Å². The molecule has 7 nitrogen and oxygen atoms in total. The van der Waals surface area contributed by atoms with Crippen LogP contribution < -0.4 is 15.8 Å². The molecule has 0 aromatic carbocycles. The molecule has 0 bridgehead atoms. The lowest BCUT2D eigenvalue weighted by molar-refractivity contribution is -0.119. The summed E-state index contributed by atoms with van der Waals surface area (Å²) in [6, 6.07) is -0.516. The summed E-state index contributed by atoms with van der Waals surface area (Å²) in [5, 5.41) is 2.77. The molecule has 0 aliphatic rings. The number of ether oxygens (including phenoxy) is 1. The summed E-state index contributed by atoms with van der Waals surface area (Å²) in [5.74, 6) is -0.344. The first kappa shape index (κ1) is 13.4. The van der Waals surface area contributed by atoms with Crippen LogP contribution in [0.1, 0.15) is 13.8 Å². The normalized spacial score (nSPS) is 12.3. The number of amides is 1. The fraction of sp³-hybridized carbons (Fsp3) is 0.556. The molecule has 94 valence electrons. The average molecular weight is 260 g/mol. The van der Waals surface area contributed by atoms with Crippen molar-refractivity contribution in [2.24, 2.45) is 11.7 Å². The Morgan fingerprint density at radius 2 is 2.06 bits per heavy atom. The molecule has 17 heavy (non-hydrogen) atoms. The molecule has 1 amide bonds. The van der Waals surface area contributed by atoms with Crippen molar-refractivity contribution in [3.05, 3.63) is 5.28 Å². The van der Waals surface area contributed by atoms with Crippen LogP contribution in [0, 0.1) is 5.92 Å². The number of carbonyl (C=O) groups is 1. The van der Waals surface area contributed by atoms with Crippen LogP contribution in [0.5, 0.6) is 6.01 Å². The van der Waals surface area contributed by atoms with Crippen molar-refractivity contribution in [3.8, 4) is 6.01 Å². The summed E-state index contributed by atoms with van der Waals surface area (Å²) >= 11 is 5.67. The van der Waals surface area contributed by atoms with E-state index in [1.165, 1.54) is 7.11 Å². The van der Waals surface area contributed by atoms with Crippen LogP contribution >= 0.6 is 11.6 Å². The first-order valence-electron chi connectivity index (χ1n) is 4.95. The molecule has 1 rings (SSSR count). The first-order valence-corrected chi connectivity index (χ1v) is 5.33. The van der Waals surface area contributed by atoms with E-state index < -0.39 is 11.9 Å². The standard InChI is InChI=1S/C9H14ClN5O2/c1-4(2)5(6(11)16)12-8-13-7(10)14-9(15-8)17-3/h4-5H,1-3H3,(H2,11,16)(H,12,13,14,15)/t5-/m0/s1. The van der Waals surface area contributed by atoms with Gasteiger partial charge in [0.05, 0.1) is 7.11 Å². The second-order valence-corrected chi connectivity index (χ2v) is 4.02. The summed E-state index contributed by atoms with van der Waals surface area (Å²) in [4.78, 5) is 22.7. The maximum absolute atomic E-state index is 11.2. The number of aromatic nitrogens is 3. The maximum Gasteiger partial charge on any atom is 0.322 e. The highest BCUT2D eigenvalue weighted by atomic mass is 35.5. The van der Waals surface area contributed by atoms with Crippen molar-refractivity contribution in [2.75, 3.05) is 12.4 Å². The second-order valence-electron chi connectivity index (χ2n) is 3.68. The zero-order valence-corrected chi connectivity index (χ0v) is 10.5. The Morgan fingerprint density at radius 1 is 1.41 bits per heavy atom. The predicted molar refractivity (Wildman–Crippen MR) is 62.8 cm³/mol. The fourth-order valence-electron chi connectivity index (χ4n) is 1.19. The molecule has 0 aliphatic carbocycles. The summed E-state index contributed by atoms with van der Waals surface area (Å²) < 4.78 is 4.84. The summed E-state index contributed by atoms with van der Waals surface area (Å²) in [6.45, 7) is 3.70. The van der Waals surface area contributed by atoms with Crippen LogP contribution in [-0.2, 0) is 4.79 Å². The highest BCUT2D eigenvalue weighted by Gasteiger charge is 2.20. The molecule has 0 aliphatic heterocycles. The van der Waals surface area contributed by atoms with Crippen molar-refractivity contribution in [1.29, 1.82) is 0 Å². The van der Waals surface area contributed by atoms with Crippen LogP contribution in [0.25, 0.3) is 0 Å². The molecule has 1 heterocycles. The minimum absolute atomic E-state index is 0.00552. The van der Waals surface area contributed by atoms with Gasteiger partial charge in [-0.25, -0.2) is 0 Å². The topological polar surface area (TPSA) is 103 Å². The number of nitrogens with one attached hydrogen (secondary N) is 1. The Morgan fingerprint density at radius 3 is 2.53 bits per heavy atom. The fourth-order valence-corrected chi connectivity index (χ4v) is 1.35. The van der Waals surface area contributed by atoms with E-state index >= 15 is 0 Å². The number of nitrogens with two attached hydrogens (primary N) is 1. The number of halogens is 1. The molecule has 0 radical (unpaired) electrons. The monoisotopic (exact) mass is 259 g/mol. The highest BCUT2D eigenvalue weighted by molar-refractivity contribution is 6.28. The Bertz CT molecular complexity index is 412. The average Bonchev–Trinajstić information content (AvgIpc) is 2.24. The SMILES string of the molecule is COc1nc(Cl)nc(N[C@H](C(N)=O)C(C)C)n1. The molecule has 3 N–H and O–H groups in total. The van der Waals surface area contributed by atoms with Crippen molar-refractivity contribution < 1.29 is 9.53 Å². The molecule has 1 aromatic rings. The Labute approximate surface area is 104 Å². The zero-order chi connectivity index (χ0) is 13.0. The van der Waals surface area contributed by atoms with Gasteiger partial charge in [-0.15, -0.1) is 0 Å². The molecule has 0 saturated carbocycles. The molecule has 0 spiro atoms. The van der Waals surface area contributed by atoms with Gasteiger partial charge in [0.15, 0.2) is 0 Å². The van der Waals surface area contributed by atoms with E-state index in [-0.39, 0.29) is 23.2 Å². The minimum atomic E-state index is -0.585. The number of anilines is 1. The van der Waals surface area contributed by atoms with E-state index in [0.717, 1.165) is 0 Å². The van der Waals surface area contributed by atoms with Gasteiger partial charge in [-0.1, -0.05) is 13.8 Å². The van der Waals surface area contributed by atoms with Gasteiger partial charge in [-0.2, -0.15) is 15.0 Å². The van der Waals surface area contributed by atoms with Crippen LogP contribution in [0.3, 0.4) is 0 Å². The Hall–Kier alpha value is -1.63. The molecular weight excluding hydrogens is 246 g/mol. The lowest BCUT2D eigenvalue weighted by atomic mass is 10.0. The quantitative estimate of drug-likeness (QED) is 0.796. The zero-order valence-electron chi connectivity index (χ0n) is 9.77. The third kappa shape index (κ3) is 3.70. The number of rotatable bonds is 5. The maximum atomic E-state index is 11.2. The number of nitrogens with zero attached hydrogens (tertiary/aromatic N) is 3. The molecule has 1 aromatic heterocycles. The number of hydrogen-bond acceptors (Lipinski definition) is 6. The van der Waals surface area contributed by atoms with Crippen molar-refractivity contribution in [2.45, 2.75) is 19.9 Å². The van der Waals surface area contributed by atoms with Crippen molar-refractivity contribution in [1.82, 2.24) is 15.0 Å². The van der Waals surface area contributed by atoms with Gasteiger partial charge in [0.25, 0.3) is 0 Å². The van der Waals surface area contributed by atoms with Crippen molar-refractivity contribution >= 4 is 23.5 Å². The Kier molecular flexibility index (Phi) is 4.45. The van der Waals surface area contributed by atoms with Crippen LogP contribution in [0.4, 0.5) is 5.95 Å². The van der Waals surface area contributed by atoms with Gasteiger partial charge >= 0.3 is 6.01 Å². The third-order valence-corrected chi connectivity index (χ3v) is 2.20. The van der Waals surface area contributed by atoms with Gasteiger partial charge in [0.2, 0.25) is 17.1 Å². The first-order chi connectivity index (χ1) is 7.93. The van der Waals surface area contributed by atoms with Gasteiger partial charge in [0.1, 0.15) is 6.04 Å². The summed E-state index contributed by atoms with van der Waals surface area (Å²) in [7, 11) is 1.41. The molecule has 8 heteroatoms. The molecular formula is C9H14ClN5O2. The number of primary amides is 1. The predicted octanol–water partition coefficient (Wildman–Crippen LogP) is 0.455.